The number of amides is 1. The zero-order chi connectivity index (χ0) is 20.9. The number of rotatable bonds is 5. The second-order valence-electron chi connectivity index (χ2n) is 6.48. The van der Waals surface area contributed by atoms with E-state index in [0.29, 0.717) is 17.9 Å². The van der Waals surface area contributed by atoms with E-state index >= 15 is 0 Å². The van der Waals surface area contributed by atoms with Gasteiger partial charge in [-0.15, -0.1) is 0 Å². The maximum atomic E-state index is 12.4. The lowest BCUT2D eigenvalue weighted by Gasteiger charge is -2.05. The summed E-state index contributed by atoms with van der Waals surface area (Å²) in [5, 5.41) is 15.7. The predicted octanol–water partition coefficient (Wildman–Crippen LogP) is 2.42. The Kier molecular flexibility index (Phi) is 5.17. The molecule has 0 spiro atoms. The monoisotopic (exact) mass is 396 g/mol. The van der Waals surface area contributed by atoms with E-state index in [4.69, 9.17) is 5.26 Å². The molecule has 0 atom stereocenters. The Labute approximate surface area is 171 Å². The van der Waals surface area contributed by atoms with Crippen LogP contribution in [0.25, 0.3) is 17.1 Å². The molecule has 8 heteroatoms. The first kappa shape index (κ1) is 18.8. The van der Waals surface area contributed by atoms with Gasteiger partial charge in [0.1, 0.15) is 17.5 Å². The molecule has 30 heavy (non-hydrogen) atoms. The van der Waals surface area contributed by atoms with Crippen LogP contribution in [0.5, 0.6) is 0 Å². The first-order valence-corrected chi connectivity index (χ1v) is 9.10. The first-order chi connectivity index (χ1) is 14.6. The van der Waals surface area contributed by atoms with Gasteiger partial charge in [0.05, 0.1) is 17.5 Å². The van der Waals surface area contributed by atoms with Crippen LogP contribution in [-0.2, 0) is 6.54 Å². The Morgan fingerprint density at radius 1 is 1.17 bits per heavy atom. The van der Waals surface area contributed by atoms with Crippen molar-refractivity contribution in [3.63, 3.8) is 0 Å². The van der Waals surface area contributed by atoms with Crippen molar-refractivity contribution >= 4 is 5.91 Å². The summed E-state index contributed by atoms with van der Waals surface area (Å²) in [6, 6.07) is 16.7. The van der Waals surface area contributed by atoms with Gasteiger partial charge >= 0.3 is 0 Å². The maximum Gasteiger partial charge on any atom is 0.254 e. The van der Waals surface area contributed by atoms with E-state index in [1.165, 1.54) is 29.3 Å². The van der Waals surface area contributed by atoms with Gasteiger partial charge in [-0.1, -0.05) is 36.4 Å². The number of H-pyrrole nitrogens is 1. The Morgan fingerprint density at radius 2 is 2.00 bits per heavy atom. The number of carbonyl (C=O) groups is 1. The summed E-state index contributed by atoms with van der Waals surface area (Å²) in [6.45, 7) is 0.319. The van der Waals surface area contributed by atoms with Crippen LogP contribution in [-0.4, -0.2) is 25.7 Å². The minimum atomic E-state index is -0.417. The normalized spacial score (nSPS) is 10.4. The number of hydrogen-bond acceptors (Lipinski definition) is 5. The predicted molar refractivity (Wildman–Crippen MR) is 110 cm³/mol. The van der Waals surface area contributed by atoms with Gasteiger partial charge in [0.2, 0.25) is 5.43 Å². The minimum absolute atomic E-state index is 0.00997. The minimum Gasteiger partial charge on any atom is -0.348 e. The molecule has 0 aliphatic heterocycles. The van der Waals surface area contributed by atoms with Gasteiger partial charge in [-0.05, 0) is 11.6 Å². The smallest absolute Gasteiger partial charge is 0.254 e. The van der Waals surface area contributed by atoms with Gasteiger partial charge in [0, 0.05) is 36.8 Å². The quantitative estimate of drug-likeness (QED) is 0.537. The van der Waals surface area contributed by atoms with E-state index in [0.717, 1.165) is 16.8 Å². The molecule has 0 saturated carbocycles. The summed E-state index contributed by atoms with van der Waals surface area (Å²) < 4.78 is 1.37. The molecule has 3 aromatic heterocycles. The summed E-state index contributed by atoms with van der Waals surface area (Å²) in [6.07, 6.45) is 5.95. The van der Waals surface area contributed by atoms with Crippen LogP contribution in [0, 0.1) is 11.3 Å². The van der Waals surface area contributed by atoms with Crippen molar-refractivity contribution in [1.29, 1.82) is 5.26 Å². The van der Waals surface area contributed by atoms with Gasteiger partial charge in [0.15, 0.2) is 0 Å². The van der Waals surface area contributed by atoms with E-state index in [1.807, 2.05) is 42.5 Å². The molecule has 3 heterocycles. The van der Waals surface area contributed by atoms with Crippen molar-refractivity contribution in [2.45, 2.75) is 6.54 Å². The van der Waals surface area contributed by atoms with E-state index in [9.17, 15) is 9.59 Å². The molecule has 0 unspecified atom stereocenters. The number of nitrogens with one attached hydrogen (secondary N) is 2. The van der Waals surface area contributed by atoms with Crippen molar-refractivity contribution in [2.24, 2.45) is 0 Å². The SMILES string of the molecule is N#Cc1c[nH]c(-n2cc(C(=O)NCc3ccc(-c4ccccc4)nc3)cn2)cc1=O. The Balaban J connectivity index is 1.41. The number of pyridine rings is 2. The standard InChI is InChI=1S/C22H16N6O2/c23-9-17-12-25-21(8-20(17)29)28-14-18(13-27-28)22(30)26-11-15-6-7-19(24-10-15)16-4-2-1-3-5-16/h1-8,10,12-14H,11H2,(H,25,29)(H,26,30). The molecule has 0 aliphatic carbocycles. The fourth-order valence-electron chi connectivity index (χ4n) is 2.85. The number of carbonyl (C=O) groups excluding carboxylic acids is 1. The summed E-state index contributed by atoms with van der Waals surface area (Å²) in [5.74, 6) is 0.0585. The highest BCUT2D eigenvalue weighted by Gasteiger charge is 2.11. The maximum absolute atomic E-state index is 12.4. The van der Waals surface area contributed by atoms with E-state index in [1.54, 1.807) is 12.3 Å². The summed E-state index contributed by atoms with van der Waals surface area (Å²) in [5.41, 5.74) is 2.69. The molecule has 8 nitrogen and oxygen atoms in total. The van der Waals surface area contributed by atoms with Crippen LogP contribution >= 0.6 is 0 Å². The van der Waals surface area contributed by atoms with Crippen LogP contribution in [0.4, 0.5) is 0 Å². The number of aromatic amines is 1. The van der Waals surface area contributed by atoms with Crippen LogP contribution in [0.3, 0.4) is 0 Å². The molecule has 2 N–H and O–H groups in total. The van der Waals surface area contributed by atoms with Gasteiger partial charge < -0.3 is 10.3 Å². The lowest BCUT2D eigenvalue weighted by atomic mass is 10.1. The van der Waals surface area contributed by atoms with E-state index in [2.05, 4.69) is 20.4 Å². The number of hydrogen-bond donors (Lipinski definition) is 2. The molecule has 4 rings (SSSR count). The van der Waals surface area contributed by atoms with Gasteiger partial charge in [0.25, 0.3) is 5.91 Å². The Hall–Kier alpha value is -4.51. The zero-order valence-corrected chi connectivity index (χ0v) is 15.7. The van der Waals surface area contributed by atoms with Crippen molar-refractivity contribution < 1.29 is 4.79 Å². The third kappa shape index (κ3) is 4.00. The fourth-order valence-corrected chi connectivity index (χ4v) is 2.85. The van der Waals surface area contributed by atoms with Crippen LogP contribution in [0.15, 0.2) is 78.1 Å². The van der Waals surface area contributed by atoms with Crippen molar-refractivity contribution in [2.75, 3.05) is 0 Å². The number of aromatic nitrogens is 4. The molecule has 1 aromatic carbocycles. The molecule has 0 aliphatic rings. The Bertz CT molecular complexity index is 1280. The molecular formula is C22H16N6O2. The summed E-state index contributed by atoms with van der Waals surface area (Å²) >= 11 is 0. The number of nitrogens with zero attached hydrogens (tertiary/aromatic N) is 4. The molecule has 1 amide bonds. The van der Waals surface area contributed by atoms with Crippen LogP contribution in [0.1, 0.15) is 21.5 Å². The van der Waals surface area contributed by atoms with Crippen molar-refractivity contribution in [1.82, 2.24) is 25.1 Å². The number of nitriles is 1. The van der Waals surface area contributed by atoms with Crippen molar-refractivity contribution in [3.8, 4) is 23.1 Å². The molecule has 146 valence electrons. The second-order valence-corrected chi connectivity index (χ2v) is 6.48. The lowest BCUT2D eigenvalue weighted by molar-refractivity contribution is 0.0951. The molecule has 0 saturated heterocycles. The average Bonchev–Trinajstić information content (AvgIpc) is 3.29. The molecule has 0 bridgehead atoms. The van der Waals surface area contributed by atoms with Crippen LogP contribution in [0.2, 0.25) is 0 Å². The highest BCUT2D eigenvalue weighted by Crippen LogP contribution is 2.16. The third-order valence-electron chi connectivity index (χ3n) is 4.46. The highest BCUT2D eigenvalue weighted by atomic mass is 16.1. The largest absolute Gasteiger partial charge is 0.348 e. The van der Waals surface area contributed by atoms with E-state index in [-0.39, 0.29) is 11.5 Å². The first-order valence-electron chi connectivity index (χ1n) is 9.10. The zero-order valence-electron chi connectivity index (χ0n) is 15.7. The Morgan fingerprint density at radius 3 is 2.70 bits per heavy atom. The summed E-state index contributed by atoms with van der Waals surface area (Å²) in [4.78, 5) is 31.5. The van der Waals surface area contributed by atoms with Gasteiger partial charge in [-0.25, -0.2) is 4.68 Å². The molecular weight excluding hydrogens is 380 g/mol. The van der Waals surface area contributed by atoms with Crippen molar-refractivity contribution in [3.05, 3.63) is 100 Å². The van der Waals surface area contributed by atoms with Crippen LogP contribution < -0.4 is 10.7 Å². The van der Waals surface area contributed by atoms with Gasteiger partial charge in [-0.3, -0.25) is 14.6 Å². The average molecular weight is 396 g/mol. The van der Waals surface area contributed by atoms with Gasteiger partial charge in [-0.2, -0.15) is 10.4 Å². The van der Waals surface area contributed by atoms with E-state index < -0.39 is 5.43 Å². The molecule has 4 aromatic rings. The summed E-state index contributed by atoms with van der Waals surface area (Å²) in [7, 11) is 0. The lowest BCUT2D eigenvalue weighted by Crippen LogP contribution is -2.22. The topological polar surface area (TPSA) is 116 Å². The molecule has 0 radical (unpaired) electrons. The highest BCUT2D eigenvalue weighted by molar-refractivity contribution is 5.93. The molecule has 0 fully saturated rings. The fraction of sp³-hybridized carbons (Fsp3) is 0.0455. The number of benzene rings is 1. The second kappa shape index (κ2) is 8.24. The third-order valence-corrected chi connectivity index (χ3v) is 4.46.